The highest BCUT2D eigenvalue weighted by atomic mass is 19.2. The van der Waals surface area contributed by atoms with Crippen LogP contribution in [0.2, 0.25) is 0 Å². The van der Waals surface area contributed by atoms with E-state index in [-0.39, 0.29) is 90.4 Å². The molecule has 0 radical (unpaired) electrons. The Bertz CT molecular complexity index is 3120. The summed E-state index contributed by atoms with van der Waals surface area (Å²) in [5.74, 6) is -3.99. The van der Waals surface area contributed by atoms with E-state index in [4.69, 9.17) is 14.2 Å². The van der Waals surface area contributed by atoms with Crippen molar-refractivity contribution in [3.8, 4) is 22.3 Å². The van der Waals surface area contributed by atoms with E-state index in [0.717, 1.165) is 126 Å². The average Bonchev–Trinajstić information content (AvgIpc) is 1.46. The van der Waals surface area contributed by atoms with Crippen LogP contribution in [-0.2, 0) is 49.5 Å². The molecule has 0 aromatic heterocycles. The molecule has 3 aliphatic rings. The number of halogens is 7. The molecular weight excluding hydrogens is 1150 g/mol. The molecular formula is C77H95F7O6. The van der Waals surface area contributed by atoms with Gasteiger partial charge < -0.3 is 19.3 Å². The average molecular weight is 1250 g/mol. The number of carbonyl (C=O) groups excluding carboxylic acids is 2. The fourth-order valence-electron chi connectivity index (χ4n) is 14.8. The minimum absolute atomic E-state index is 0.00167. The summed E-state index contributed by atoms with van der Waals surface area (Å²) in [6.07, 6.45) is 19.1. The summed E-state index contributed by atoms with van der Waals surface area (Å²) < 4.78 is 122. The molecule has 1 N–H and O–H groups in total. The van der Waals surface area contributed by atoms with Crippen molar-refractivity contribution in [2.24, 2.45) is 29.6 Å². The molecule has 90 heavy (non-hydrogen) atoms. The van der Waals surface area contributed by atoms with Gasteiger partial charge in [-0.15, -0.1) is 0 Å². The van der Waals surface area contributed by atoms with Gasteiger partial charge in [-0.25, -0.2) is 35.9 Å². The molecule has 0 aliphatic heterocycles. The van der Waals surface area contributed by atoms with Crippen molar-refractivity contribution >= 4 is 11.9 Å². The third kappa shape index (κ3) is 18.8. The molecule has 3 fully saturated rings. The summed E-state index contributed by atoms with van der Waals surface area (Å²) >= 11 is 0. The Hall–Kier alpha value is -6.05. The number of hydrogen-bond donors (Lipinski definition) is 1. The second kappa shape index (κ2) is 34.6. The third-order valence-electron chi connectivity index (χ3n) is 20.0. The Labute approximate surface area is 530 Å². The van der Waals surface area contributed by atoms with Crippen molar-refractivity contribution in [2.45, 2.75) is 193 Å². The van der Waals surface area contributed by atoms with E-state index >= 15 is 22.0 Å². The number of ether oxygens (including phenoxy) is 3. The van der Waals surface area contributed by atoms with Gasteiger partial charge in [0.1, 0.15) is 23.3 Å². The van der Waals surface area contributed by atoms with Crippen LogP contribution in [0.25, 0.3) is 22.3 Å². The number of aryl methyl sites for hydroxylation is 3. The zero-order chi connectivity index (χ0) is 64.3. The first kappa shape index (κ1) is 69.8. The molecule has 3 saturated carbocycles. The zero-order valence-corrected chi connectivity index (χ0v) is 53.4. The van der Waals surface area contributed by atoms with E-state index in [2.05, 4.69) is 57.3 Å². The fraction of sp³-hybridized carbons (Fsp3) is 0.532. The maximum absolute atomic E-state index is 15.8. The van der Waals surface area contributed by atoms with E-state index in [1.165, 1.54) is 35.4 Å². The fourth-order valence-corrected chi connectivity index (χ4v) is 14.8. The summed E-state index contributed by atoms with van der Waals surface area (Å²) in [4.78, 5) is 25.3. The Morgan fingerprint density at radius 1 is 0.600 bits per heavy atom. The predicted molar refractivity (Wildman–Crippen MR) is 344 cm³/mol. The molecule has 0 bridgehead atoms. The first-order valence-electron chi connectivity index (χ1n) is 33.6. The molecule has 0 spiro atoms. The van der Waals surface area contributed by atoms with Crippen molar-refractivity contribution in [1.29, 1.82) is 0 Å². The second-order valence-corrected chi connectivity index (χ2v) is 26.2. The van der Waals surface area contributed by atoms with E-state index in [1.807, 2.05) is 12.1 Å². The Morgan fingerprint density at radius 3 is 1.88 bits per heavy atom. The molecule has 5 aromatic carbocycles. The number of unbranched alkanes of at least 4 members (excludes halogenated alkanes) is 3. The lowest BCUT2D eigenvalue weighted by molar-refractivity contribution is -0.141. The van der Waals surface area contributed by atoms with Crippen LogP contribution in [0.15, 0.2) is 103 Å². The van der Waals surface area contributed by atoms with Gasteiger partial charge in [0.2, 0.25) is 0 Å². The van der Waals surface area contributed by atoms with Crippen LogP contribution in [-0.4, -0.2) is 56.8 Å². The van der Waals surface area contributed by atoms with Crippen molar-refractivity contribution in [3.63, 3.8) is 0 Å². The lowest BCUT2D eigenvalue weighted by atomic mass is 9.66. The van der Waals surface area contributed by atoms with E-state index < -0.39 is 53.5 Å². The van der Waals surface area contributed by atoms with Crippen LogP contribution in [0.5, 0.6) is 0 Å². The quantitative estimate of drug-likeness (QED) is 0.0200. The van der Waals surface area contributed by atoms with E-state index in [0.29, 0.717) is 91.4 Å². The van der Waals surface area contributed by atoms with Crippen LogP contribution in [0.4, 0.5) is 30.7 Å². The summed E-state index contributed by atoms with van der Waals surface area (Å²) in [5, 5.41) is 10.3. The molecule has 8 rings (SSSR count). The minimum Gasteiger partial charge on any atom is -0.462 e. The molecule has 0 heterocycles. The number of alkyl halides is 1. The van der Waals surface area contributed by atoms with Crippen molar-refractivity contribution in [1.82, 2.24) is 0 Å². The number of esters is 2. The van der Waals surface area contributed by atoms with Gasteiger partial charge in [-0.3, -0.25) is 4.39 Å². The highest BCUT2D eigenvalue weighted by Gasteiger charge is 2.36. The van der Waals surface area contributed by atoms with Crippen LogP contribution in [0.3, 0.4) is 0 Å². The van der Waals surface area contributed by atoms with Gasteiger partial charge in [-0.05, 0) is 258 Å². The number of hydrogen-bond acceptors (Lipinski definition) is 6. The van der Waals surface area contributed by atoms with Gasteiger partial charge in [0.25, 0.3) is 0 Å². The SMILES string of the molecule is C=C(C)C(=O)OCCCC(CCOCC(=C)C(=O)OCC(CO)Cc1ccc(C2CCC(c3ccc(-c4c(F)cc(CCCCC)cc4F)cc3CC)CC2)cc1)C1CCC(C2CCC(c3c(F)cc(-c4ccc(CCCCF)c(F)c4F)cc3F)CC2)CC1. The predicted octanol–water partition coefficient (Wildman–Crippen LogP) is 19.8. The topological polar surface area (TPSA) is 82.1 Å². The lowest BCUT2D eigenvalue weighted by Gasteiger charge is -2.40. The Kier molecular flexibility index (Phi) is 26.8. The van der Waals surface area contributed by atoms with Gasteiger partial charge in [-0.1, -0.05) is 94.4 Å². The number of rotatable bonds is 32. The molecule has 5 aromatic rings. The van der Waals surface area contributed by atoms with Gasteiger partial charge >= 0.3 is 11.9 Å². The molecule has 2 unspecified atom stereocenters. The largest absolute Gasteiger partial charge is 0.462 e. The molecule has 488 valence electrons. The van der Waals surface area contributed by atoms with Crippen LogP contribution >= 0.6 is 0 Å². The highest BCUT2D eigenvalue weighted by Crippen LogP contribution is 2.48. The maximum Gasteiger partial charge on any atom is 0.335 e. The smallest absolute Gasteiger partial charge is 0.335 e. The van der Waals surface area contributed by atoms with Crippen molar-refractivity contribution in [2.75, 3.05) is 39.7 Å². The van der Waals surface area contributed by atoms with Crippen LogP contribution in [0.1, 0.15) is 206 Å². The van der Waals surface area contributed by atoms with Crippen LogP contribution < -0.4 is 0 Å². The summed E-state index contributed by atoms with van der Waals surface area (Å²) in [5.41, 5.74) is 6.43. The Morgan fingerprint density at radius 2 is 1.24 bits per heavy atom. The molecule has 13 heteroatoms. The highest BCUT2D eigenvalue weighted by molar-refractivity contribution is 5.88. The van der Waals surface area contributed by atoms with Gasteiger partial charge in [-0.2, -0.15) is 0 Å². The number of carbonyl (C=O) groups is 2. The van der Waals surface area contributed by atoms with Crippen molar-refractivity contribution < 1.29 is 59.6 Å². The molecule has 3 aliphatic carbocycles. The summed E-state index contributed by atoms with van der Waals surface area (Å²) in [7, 11) is 0. The number of aliphatic hydroxyl groups is 1. The molecule has 6 nitrogen and oxygen atoms in total. The standard InChI is InChI=1S/C77H95F7O6/c1-6-8-9-13-52-41-68(79)73(69(80)42-52)64-33-34-66(54(7-2)43-64)61-28-24-59(25-29-61)56-18-16-51(17-19-56)40-53(46-85)48-90-77(87)50(5)47-88-39-36-55(15-12-38-89-76(86)49(3)4)57-20-22-58(23-21-57)60-26-30-62(31-27-60)72-70(81)44-65(45-71(72)82)67-35-32-63(14-10-11-37-78)74(83)75(67)84/h16-19,32-35,41-45,53,55,57-62,85H,3,5-15,20-31,36-40,46-48H2,1-2,4H3. The zero-order valence-electron chi connectivity index (χ0n) is 53.4. The van der Waals surface area contributed by atoms with Gasteiger partial charge in [0, 0.05) is 35.8 Å². The first-order chi connectivity index (χ1) is 43.5. The van der Waals surface area contributed by atoms with E-state index in [9.17, 15) is 23.5 Å². The third-order valence-corrected chi connectivity index (χ3v) is 20.0. The Balaban J connectivity index is 0.754. The summed E-state index contributed by atoms with van der Waals surface area (Å²) in [6.45, 7) is 13.5. The van der Waals surface area contributed by atoms with Gasteiger partial charge in [0.15, 0.2) is 11.6 Å². The molecule has 2 atom stereocenters. The van der Waals surface area contributed by atoms with Crippen LogP contribution in [0, 0.1) is 64.5 Å². The first-order valence-corrected chi connectivity index (χ1v) is 33.6. The van der Waals surface area contributed by atoms with Gasteiger partial charge in [0.05, 0.1) is 37.6 Å². The minimum atomic E-state index is -1.17. The van der Waals surface area contributed by atoms with E-state index in [1.54, 1.807) is 6.92 Å². The summed E-state index contributed by atoms with van der Waals surface area (Å²) in [6, 6.07) is 22.4. The molecule has 0 amide bonds. The van der Waals surface area contributed by atoms with Crippen molar-refractivity contribution in [3.05, 3.63) is 177 Å². The number of aliphatic hydroxyl groups excluding tert-OH is 1. The molecule has 0 saturated heterocycles. The normalized spacial score (nSPS) is 20.1. The maximum atomic E-state index is 15.8. The number of benzene rings is 5. The second-order valence-electron chi connectivity index (χ2n) is 26.2. The monoisotopic (exact) mass is 1250 g/mol. The lowest BCUT2D eigenvalue weighted by Crippen LogP contribution is -2.29.